The van der Waals surface area contributed by atoms with E-state index < -0.39 is 0 Å². The summed E-state index contributed by atoms with van der Waals surface area (Å²) in [7, 11) is 0. The van der Waals surface area contributed by atoms with E-state index in [1.807, 2.05) is 0 Å². The van der Waals surface area contributed by atoms with E-state index in [9.17, 15) is 0 Å². The summed E-state index contributed by atoms with van der Waals surface area (Å²) >= 11 is 0. The molecule has 340 valence electrons. The molecule has 2 nitrogen and oxygen atoms in total. The van der Waals surface area contributed by atoms with Crippen molar-refractivity contribution in [3.63, 3.8) is 0 Å². The number of nitrogens with zero attached hydrogens (tertiary/aromatic N) is 2. The van der Waals surface area contributed by atoms with Crippen molar-refractivity contribution in [1.82, 2.24) is 9.97 Å². The van der Waals surface area contributed by atoms with Gasteiger partial charge in [-0.2, -0.15) is 0 Å². The second kappa shape index (κ2) is 17.4. The van der Waals surface area contributed by atoms with Crippen molar-refractivity contribution in [2.24, 2.45) is 0 Å². The molecule has 2 aromatic heterocycles. The summed E-state index contributed by atoms with van der Waals surface area (Å²) < 4.78 is 0. The molecule has 0 saturated heterocycles. The van der Waals surface area contributed by atoms with Crippen LogP contribution in [0.15, 0.2) is 261 Å². The maximum absolute atomic E-state index is 5.66. The van der Waals surface area contributed by atoms with Crippen molar-refractivity contribution in [3.8, 4) is 55.9 Å². The average molecular weight is 927 g/mol. The SMILES string of the molecule is C=C1/C=C(c2cc(-c3ccc(-c4cc(-c5ccccc5)c5ccccc5n4)cc3)nc3c2cc(-c2ccc4c5ccccc5c5ccccc5c4c2)c2ccccc23)\C=C/Cc2ccccc2-c2ccccc21. The van der Waals surface area contributed by atoms with Gasteiger partial charge in [0.1, 0.15) is 0 Å². The lowest BCUT2D eigenvalue weighted by molar-refractivity contribution is 1.27. The predicted molar refractivity (Wildman–Crippen MR) is 311 cm³/mol. The topological polar surface area (TPSA) is 25.8 Å². The lowest BCUT2D eigenvalue weighted by Crippen LogP contribution is -1.97. The van der Waals surface area contributed by atoms with Gasteiger partial charge in [0.25, 0.3) is 0 Å². The van der Waals surface area contributed by atoms with Gasteiger partial charge in [-0.15, -0.1) is 0 Å². The molecular formula is C71H46N2. The number of aromatic nitrogens is 2. The molecule has 0 aliphatic heterocycles. The molecule has 0 saturated carbocycles. The summed E-state index contributed by atoms with van der Waals surface area (Å²) in [5.74, 6) is 0. The Kier molecular flexibility index (Phi) is 10.1. The average Bonchev–Trinajstić information content (AvgIpc) is 3.46. The second-order valence-electron chi connectivity index (χ2n) is 19.2. The number of allylic oxidation sites excluding steroid dienone is 5. The van der Waals surface area contributed by atoms with E-state index in [-0.39, 0.29) is 0 Å². The number of hydrogen-bond acceptors (Lipinski definition) is 2. The van der Waals surface area contributed by atoms with Crippen molar-refractivity contribution in [1.29, 1.82) is 0 Å². The molecule has 73 heavy (non-hydrogen) atoms. The van der Waals surface area contributed by atoms with E-state index in [4.69, 9.17) is 16.5 Å². The number of rotatable bonds is 5. The molecule has 2 heterocycles. The molecule has 11 aromatic carbocycles. The molecule has 14 rings (SSSR count). The second-order valence-corrected chi connectivity index (χ2v) is 19.2. The zero-order valence-corrected chi connectivity index (χ0v) is 40.1. The Balaban J connectivity index is 0.987. The van der Waals surface area contributed by atoms with Crippen molar-refractivity contribution < 1.29 is 0 Å². The first-order valence-corrected chi connectivity index (χ1v) is 25.1. The summed E-state index contributed by atoms with van der Waals surface area (Å²) in [6, 6.07) is 85.7. The fourth-order valence-corrected chi connectivity index (χ4v) is 11.5. The Morgan fingerprint density at radius 3 is 1.56 bits per heavy atom. The van der Waals surface area contributed by atoms with Crippen LogP contribution < -0.4 is 0 Å². The van der Waals surface area contributed by atoms with Crippen LogP contribution in [0.2, 0.25) is 0 Å². The summed E-state index contributed by atoms with van der Waals surface area (Å²) in [6.45, 7) is 4.78. The summed E-state index contributed by atoms with van der Waals surface area (Å²) in [5.41, 5.74) is 18.5. The minimum atomic E-state index is 0.786. The molecule has 0 atom stereocenters. The van der Waals surface area contributed by atoms with Crippen molar-refractivity contribution in [2.45, 2.75) is 6.42 Å². The molecule has 0 unspecified atom stereocenters. The van der Waals surface area contributed by atoms with Crippen LogP contribution in [0.4, 0.5) is 0 Å². The quantitative estimate of drug-likeness (QED) is 0.161. The van der Waals surface area contributed by atoms with Gasteiger partial charge >= 0.3 is 0 Å². The first kappa shape index (κ1) is 42.4. The first-order valence-electron chi connectivity index (χ1n) is 25.1. The maximum atomic E-state index is 5.66. The normalized spacial score (nSPS) is 13.8. The van der Waals surface area contributed by atoms with Gasteiger partial charge in [0.15, 0.2) is 0 Å². The van der Waals surface area contributed by atoms with Crippen LogP contribution in [0.5, 0.6) is 0 Å². The molecule has 1 aliphatic rings. The van der Waals surface area contributed by atoms with Gasteiger partial charge in [0.2, 0.25) is 0 Å². The highest BCUT2D eigenvalue weighted by Gasteiger charge is 2.20. The van der Waals surface area contributed by atoms with Gasteiger partial charge in [-0.3, -0.25) is 0 Å². The first-order chi connectivity index (χ1) is 36.1. The lowest BCUT2D eigenvalue weighted by Gasteiger charge is -2.19. The molecule has 1 aliphatic carbocycles. The van der Waals surface area contributed by atoms with E-state index in [0.717, 1.165) is 83.8 Å². The highest BCUT2D eigenvalue weighted by molar-refractivity contribution is 6.26. The van der Waals surface area contributed by atoms with Crippen molar-refractivity contribution >= 4 is 76.0 Å². The fraction of sp³-hybridized carbons (Fsp3) is 0.0141. The zero-order chi connectivity index (χ0) is 48.4. The van der Waals surface area contributed by atoms with Crippen LogP contribution in [0.3, 0.4) is 0 Å². The molecule has 13 aromatic rings. The minimum Gasteiger partial charge on any atom is -0.248 e. The van der Waals surface area contributed by atoms with E-state index in [1.165, 1.54) is 71.3 Å². The van der Waals surface area contributed by atoms with E-state index in [0.29, 0.717) is 0 Å². The smallest absolute Gasteiger partial charge is 0.0794 e. The van der Waals surface area contributed by atoms with Gasteiger partial charge in [-0.25, -0.2) is 9.97 Å². The maximum Gasteiger partial charge on any atom is 0.0794 e. The minimum absolute atomic E-state index is 0.786. The van der Waals surface area contributed by atoms with E-state index in [1.54, 1.807) is 0 Å². The van der Waals surface area contributed by atoms with Gasteiger partial charge in [-0.05, 0) is 142 Å². The van der Waals surface area contributed by atoms with Crippen LogP contribution in [0, 0.1) is 0 Å². The van der Waals surface area contributed by atoms with Crippen molar-refractivity contribution in [3.05, 3.63) is 278 Å². The number of para-hydroxylation sites is 1. The fourth-order valence-electron chi connectivity index (χ4n) is 11.5. The number of benzene rings is 11. The highest BCUT2D eigenvalue weighted by atomic mass is 14.7. The highest BCUT2D eigenvalue weighted by Crippen LogP contribution is 2.44. The van der Waals surface area contributed by atoms with Gasteiger partial charge in [-0.1, -0.05) is 225 Å². The van der Waals surface area contributed by atoms with E-state index >= 15 is 0 Å². The molecule has 0 spiro atoms. The Bertz CT molecular complexity index is 4430. The Morgan fingerprint density at radius 1 is 0.315 bits per heavy atom. The number of pyridine rings is 2. The van der Waals surface area contributed by atoms with Crippen LogP contribution in [-0.2, 0) is 6.42 Å². The number of fused-ring (bicyclic) bond motifs is 13. The molecule has 2 heteroatoms. The molecule has 0 amide bonds. The molecule has 0 bridgehead atoms. The largest absolute Gasteiger partial charge is 0.248 e. The van der Waals surface area contributed by atoms with Crippen molar-refractivity contribution in [2.75, 3.05) is 0 Å². The Morgan fingerprint density at radius 2 is 0.836 bits per heavy atom. The van der Waals surface area contributed by atoms with Crippen LogP contribution >= 0.6 is 0 Å². The summed E-state index contributed by atoms with van der Waals surface area (Å²) in [6.07, 6.45) is 7.68. The third-order valence-corrected chi connectivity index (χ3v) is 15.0. The molecular weight excluding hydrogens is 881 g/mol. The van der Waals surface area contributed by atoms with Crippen LogP contribution in [-0.4, -0.2) is 9.97 Å². The molecule has 0 radical (unpaired) electrons. The Hall–Kier alpha value is -9.50. The summed E-state index contributed by atoms with van der Waals surface area (Å²) in [5, 5.41) is 12.1. The van der Waals surface area contributed by atoms with E-state index in [2.05, 4.69) is 255 Å². The third-order valence-electron chi connectivity index (χ3n) is 15.0. The number of hydrogen-bond donors (Lipinski definition) is 0. The lowest BCUT2D eigenvalue weighted by atomic mass is 9.86. The molecule has 0 N–H and O–H groups in total. The zero-order valence-electron chi connectivity index (χ0n) is 40.1. The molecule has 0 fully saturated rings. The van der Waals surface area contributed by atoms with Crippen LogP contribution in [0.1, 0.15) is 16.7 Å². The third kappa shape index (κ3) is 7.26. The van der Waals surface area contributed by atoms with Crippen LogP contribution in [0.25, 0.3) is 132 Å². The predicted octanol–water partition coefficient (Wildman–Crippen LogP) is 18.9. The standard InChI is InChI=1S/C71H46N2/c1-45-40-50(22-17-21-46-20-5-6-24-53(46)54-25-8-7-23-52(45)54)65-44-70(49-36-34-48(35-37-49)69-43-64(47-18-3-2-4-19-47)61-31-15-16-33-68(61)72-69)73-71-62-32-14-13-30-59(62)63(42-67(65)71)51-38-39-60-57-28-10-9-26-55(57)56-27-11-12-29-58(56)66(60)41-51/h2-20,22-44H,1,21H2/b22-17-,50-40+. The summed E-state index contributed by atoms with van der Waals surface area (Å²) in [4.78, 5) is 10.8. The monoisotopic (exact) mass is 926 g/mol. The Labute approximate surface area is 424 Å². The van der Waals surface area contributed by atoms with Gasteiger partial charge in [0, 0.05) is 27.3 Å². The van der Waals surface area contributed by atoms with Gasteiger partial charge in [0.05, 0.1) is 22.4 Å². The van der Waals surface area contributed by atoms with Gasteiger partial charge < -0.3 is 0 Å².